The molecule has 1 heterocycles. The number of alkyl carbamates (subject to hydrolysis) is 1. The van der Waals surface area contributed by atoms with Crippen LogP contribution in [-0.2, 0) is 14.4 Å². The van der Waals surface area contributed by atoms with Crippen molar-refractivity contribution in [2.24, 2.45) is 5.16 Å². The van der Waals surface area contributed by atoms with Gasteiger partial charge < -0.3 is 20.0 Å². The molecule has 0 aromatic carbocycles. The van der Waals surface area contributed by atoms with Crippen LogP contribution in [0, 0.1) is 0 Å². The van der Waals surface area contributed by atoms with Crippen molar-refractivity contribution in [2.75, 3.05) is 13.2 Å². The standard InChI is InChI=1S/C12H17N3O5S/c1-12(2,3)20-11(18)13-4-5-19-15-9(10(16)17)8-6-21-7-14-8/h6-7H,4-5H2,1-3H3,(H,13,18)(H,16,17). The van der Waals surface area contributed by atoms with Crippen LogP contribution in [0.1, 0.15) is 26.5 Å². The molecule has 0 saturated heterocycles. The van der Waals surface area contributed by atoms with E-state index in [-0.39, 0.29) is 24.6 Å². The number of carbonyl (C=O) groups excluding carboxylic acids is 1. The van der Waals surface area contributed by atoms with E-state index in [4.69, 9.17) is 14.7 Å². The van der Waals surface area contributed by atoms with Gasteiger partial charge in [-0.05, 0) is 20.8 Å². The van der Waals surface area contributed by atoms with E-state index >= 15 is 0 Å². The zero-order chi connectivity index (χ0) is 15.9. The fourth-order valence-electron chi connectivity index (χ4n) is 1.15. The predicted octanol–water partition coefficient (Wildman–Crippen LogP) is 1.47. The molecule has 116 valence electrons. The highest BCUT2D eigenvalue weighted by atomic mass is 32.1. The third-order valence-corrected chi connectivity index (χ3v) is 2.48. The number of hydrogen-bond donors (Lipinski definition) is 2. The van der Waals surface area contributed by atoms with Gasteiger partial charge in [-0.3, -0.25) is 0 Å². The summed E-state index contributed by atoms with van der Waals surface area (Å²) in [7, 11) is 0. The Balaban J connectivity index is 2.37. The molecular weight excluding hydrogens is 298 g/mol. The summed E-state index contributed by atoms with van der Waals surface area (Å²) < 4.78 is 5.02. The van der Waals surface area contributed by atoms with Gasteiger partial charge >= 0.3 is 12.1 Å². The molecule has 0 spiro atoms. The fraction of sp³-hybridized carbons (Fsp3) is 0.500. The predicted molar refractivity (Wildman–Crippen MR) is 76.5 cm³/mol. The molecule has 2 N–H and O–H groups in total. The van der Waals surface area contributed by atoms with Crippen LogP contribution in [0.4, 0.5) is 4.79 Å². The van der Waals surface area contributed by atoms with E-state index in [1.807, 2.05) is 0 Å². The molecule has 0 bridgehead atoms. The van der Waals surface area contributed by atoms with Gasteiger partial charge in [-0.25, -0.2) is 14.6 Å². The molecule has 9 heteroatoms. The Bertz CT molecular complexity index is 507. The Kier molecular flexibility index (Phi) is 6.10. The number of nitrogens with zero attached hydrogens (tertiary/aromatic N) is 2. The molecule has 0 atom stereocenters. The summed E-state index contributed by atoms with van der Waals surface area (Å²) >= 11 is 1.25. The lowest BCUT2D eigenvalue weighted by molar-refractivity contribution is -0.129. The summed E-state index contributed by atoms with van der Waals surface area (Å²) in [4.78, 5) is 31.0. The van der Waals surface area contributed by atoms with Gasteiger partial charge in [-0.1, -0.05) is 5.16 Å². The highest BCUT2D eigenvalue weighted by molar-refractivity contribution is 7.07. The van der Waals surface area contributed by atoms with Gasteiger partial charge in [0, 0.05) is 5.38 Å². The van der Waals surface area contributed by atoms with Crippen LogP contribution in [0.2, 0.25) is 0 Å². The van der Waals surface area contributed by atoms with Crippen molar-refractivity contribution in [1.29, 1.82) is 0 Å². The molecule has 0 fully saturated rings. The van der Waals surface area contributed by atoms with Crippen molar-refractivity contribution < 1.29 is 24.3 Å². The molecule has 0 saturated carbocycles. The first kappa shape index (κ1) is 16.9. The van der Waals surface area contributed by atoms with Crippen LogP contribution >= 0.6 is 11.3 Å². The van der Waals surface area contributed by atoms with Crippen molar-refractivity contribution in [2.45, 2.75) is 26.4 Å². The highest BCUT2D eigenvalue weighted by Crippen LogP contribution is 2.06. The van der Waals surface area contributed by atoms with Crippen molar-refractivity contribution >= 4 is 29.1 Å². The van der Waals surface area contributed by atoms with E-state index in [1.165, 1.54) is 16.8 Å². The van der Waals surface area contributed by atoms with Gasteiger partial charge in [0.25, 0.3) is 0 Å². The first-order valence-electron chi connectivity index (χ1n) is 6.08. The number of aromatic nitrogens is 1. The fourth-order valence-corrected chi connectivity index (χ4v) is 1.68. The van der Waals surface area contributed by atoms with Crippen LogP contribution in [0.5, 0.6) is 0 Å². The van der Waals surface area contributed by atoms with Gasteiger partial charge in [-0.2, -0.15) is 0 Å². The number of ether oxygens (including phenoxy) is 1. The monoisotopic (exact) mass is 315 g/mol. The Hall–Kier alpha value is -2.16. The van der Waals surface area contributed by atoms with Crippen LogP contribution in [0.25, 0.3) is 0 Å². The molecule has 8 nitrogen and oxygen atoms in total. The van der Waals surface area contributed by atoms with Gasteiger partial charge in [0.1, 0.15) is 17.9 Å². The van der Waals surface area contributed by atoms with Gasteiger partial charge in [0.2, 0.25) is 5.71 Å². The minimum atomic E-state index is -1.24. The van der Waals surface area contributed by atoms with Crippen molar-refractivity contribution in [3.05, 3.63) is 16.6 Å². The minimum absolute atomic E-state index is 0.0140. The quantitative estimate of drug-likeness (QED) is 0.467. The summed E-state index contributed by atoms with van der Waals surface area (Å²) in [6, 6.07) is 0. The molecule has 21 heavy (non-hydrogen) atoms. The molecule has 1 aromatic heterocycles. The van der Waals surface area contributed by atoms with E-state index in [0.29, 0.717) is 0 Å². The SMILES string of the molecule is CC(C)(C)OC(=O)NCCON=C(C(=O)O)c1cscn1. The smallest absolute Gasteiger partial charge is 0.407 e. The Morgan fingerprint density at radius 2 is 2.19 bits per heavy atom. The summed E-state index contributed by atoms with van der Waals surface area (Å²) in [5, 5.41) is 16.5. The average Bonchev–Trinajstić information content (AvgIpc) is 2.84. The second-order valence-corrected chi connectivity index (χ2v) is 5.60. The van der Waals surface area contributed by atoms with Gasteiger partial charge in [0.15, 0.2) is 0 Å². The maximum absolute atomic E-state index is 11.3. The molecule has 0 aliphatic rings. The largest absolute Gasteiger partial charge is 0.476 e. The first-order valence-corrected chi connectivity index (χ1v) is 7.02. The van der Waals surface area contributed by atoms with Crippen LogP contribution in [0.3, 0.4) is 0 Å². The van der Waals surface area contributed by atoms with E-state index in [9.17, 15) is 9.59 Å². The Labute approximate surface area is 125 Å². The summed E-state index contributed by atoms with van der Waals surface area (Å²) in [6.07, 6.45) is -0.576. The van der Waals surface area contributed by atoms with Crippen molar-refractivity contribution in [3.8, 4) is 0 Å². The molecular formula is C12H17N3O5S. The number of oxime groups is 1. The molecule has 0 radical (unpaired) electrons. The van der Waals surface area contributed by atoms with E-state index < -0.39 is 17.7 Å². The lowest BCUT2D eigenvalue weighted by Gasteiger charge is -2.19. The summed E-state index contributed by atoms with van der Waals surface area (Å²) in [5.41, 5.74) is 0.864. The van der Waals surface area contributed by atoms with Gasteiger partial charge in [-0.15, -0.1) is 11.3 Å². The van der Waals surface area contributed by atoms with Gasteiger partial charge in [0.05, 0.1) is 12.1 Å². The molecule has 1 rings (SSSR count). The minimum Gasteiger partial charge on any atom is -0.476 e. The zero-order valence-corrected chi connectivity index (χ0v) is 12.8. The highest BCUT2D eigenvalue weighted by Gasteiger charge is 2.16. The number of nitrogens with one attached hydrogen (secondary N) is 1. The molecule has 0 unspecified atom stereocenters. The van der Waals surface area contributed by atoms with Crippen molar-refractivity contribution in [1.82, 2.24) is 10.3 Å². The van der Waals surface area contributed by atoms with Crippen LogP contribution in [-0.4, -0.2) is 46.6 Å². The summed E-state index contributed by atoms with van der Waals surface area (Å²) in [6.45, 7) is 5.41. The topological polar surface area (TPSA) is 110 Å². The zero-order valence-electron chi connectivity index (χ0n) is 12.0. The molecule has 1 aromatic rings. The average molecular weight is 315 g/mol. The van der Waals surface area contributed by atoms with E-state index in [0.717, 1.165) is 0 Å². The lowest BCUT2D eigenvalue weighted by Crippen LogP contribution is -2.34. The molecule has 0 aliphatic heterocycles. The number of amides is 1. The van der Waals surface area contributed by atoms with Crippen LogP contribution in [0.15, 0.2) is 16.0 Å². The number of carboxylic acids is 1. The van der Waals surface area contributed by atoms with Crippen LogP contribution < -0.4 is 5.32 Å². The second kappa shape index (κ2) is 7.58. The molecule has 0 aliphatic carbocycles. The molecule has 1 amide bonds. The second-order valence-electron chi connectivity index (χ2n) is 4.88. The van der Waals surface area contributed by atoms with Crippen molar-refractivity contribution in [3.63, 3.8) is 0 Å². The maximum Gasteiger partial charge on any atom is 0.407 e. The summed E-state index contributed by atoms with van der Waals surface area (Å²) in [5.74, 6) is -1.24. The van der Waals surface area contributed by atoms with E-state index in [1.54, 1.807) is 26.2 Å². The first-order chi connectivity index (χ1) is 9.79. The Morgan fingerprint density at radius 1 is 1.48 bits per heavy atom. The van der Waals surface area contributed by atoms with E-state index in [2.05, 4.69) is 15.5 Å². The number of carbonyl (C=O) groups is 2. The number of hydrogen-bond acceptors (Lipinski definition) is 7. The third kappa shape index (κ3) is 6.70. The number of carboxylic acid groups (broad SMARTS) is 1. The number of aliphatic carboxylic acids is 1. The lowest BCUT2D eigenvalue weighted by atomic mass is 10.2. The third-order valence-electron chi connectivity index (χ3n) is 1.89. The normalized spacial score (nSPS) is 11.9. The Morgan fingerprint density at radius 3 is 2.71 bits per heavy atom. The number of thiazole rings is 1. The maximum atomic E-state index is 11.3. The number of rotatable bonds is 6.